The molecule has 110 valence electrons. The summed E-state index contributed by atoms with van der Waals surface area (Å²) < 4.78 is 7.79. The number of aromatic nitrogens is 3. The van der Waals surface area contributed by atoms with E-state index in [-0.39, 0.29) is 18.1 Å². The van der Waals surface area contributed by atoms with Crippen molar-refractivity contribution in [1.82, 2.24) is 19.9 Å². The number of likely N-dealkylation sites (tertiary alicyclic amines) is 1. The van der Waals surface area contributed by atoms with Crippen LogP contribution in [0, 0.1) is 6.92 Å². The number of rotatable bonds is 1. The van der Waals surface area contributed by atoms with Crippen LogP contribution in [0.5, 0.6) is 0 Å². The van der Waals surface area contributed by atoms with E-state index >= 15 is 0 Å². The number of amides is 1. The Balaban J connectivity index is 1.57. The van der Waals surface area contributed by atoms with Gasteiger partial charge in [-0.25, -0.2) is 4.68 Å². The smallest absolute Gasteiger partial charge is 0.264 e. The highest BCUT2D eigenvalue weighted by Crippen LogP contribution is 2.31. The first-order valence-corrected chi connectivity index (χ1v) is 7.90. The minimum atomic E-state index is 0.0787. The zero-order valence-electron chi connectivity index (χ0n) is 11.7. The molecule has 0 aliphatic carbocycles. The molecule has 2 aliphatic heterocycles. The van der Waals surface area contributed by atoms with Crippen LogP contribution in [0.3, 0.4) is 0 Å². The van der Waals surface area contributed by atoms with Crippen molar-refractivity contribution in [3.05, 3.63) is 33.8 Å². The Hall–Kier alpha value is -1.73. The fourth-order valence-electron chi connectivity index (χ4n) is 3.07. The van der Waals surface area contributed by atoms with Crippen molar-refractivity contribution >= 4 is 17.2 Å². The second kappa shape index (κ2) is 4.92. The van der Waals surface area contributed by atoms with Crippen molar-refractivity contribution in [3.63, 3.8) is 0 Å². The van der Waals surface area contributed by atoms with Crippen LogP contribution in [0.15, 0.2) is 18.3 Å². The molecule has 1 saturated heterocycles. The van der Waals surface area contributed by atoms with Gasteiger partial charge in [-0.3, -0.25) is 4.79 Å². The van der Waals surface area contributed by atoms with Gasteiger partial charge in [0.1, 0.15) is 0 Å². The molecule has 0 saturated carbocycles. The number of piperidine rings is 1. The Morgan fingerprint density at radius 1 is 1.48 bits per heavy atom. The molecular weight excluding hydrogens is 288 g/mol. The van der Waals surface area contributed by atoms with Gasteiger partial charge in [-0.1, -0.05) is 5.21 Å². The molecule has 4 heterocycles. The molecule has 2 aromatic rings. The van der Waals surface area contributed by atoms with Gasteiger partial charge in [0.2, 0.25) is 0 Å². The van der Waals surface area contributed by atoms with Gasteiger partial charge in [0.05, 0.1) is 35.5 Å². The summed E-state index contributed by atoms with van der Waals surface area (Å²) in [6.45, 7) is 3.95. The number of nitrogens with zero attached hydrogens (tertiary/aromatic N) is 4. The molecule has 1 amide bonds. The lowest BCUT2D eigenvalue weighted by Crippen LogP contribution is -2.49. The van der Waals surface area contributed by atoms with E-state index in [1.165, 1.54) is 0 Å². The predicted molar refractivity (Wildman–Crippen MR) is 77.2 cm³/mol. The number of fused-ring (bicyclic) bond motifs is 3. The number of aryl methyl sites for hydroxylation is 1. The van der Waals surface area contributed by atoms with Crippen molar-refractivity contribution in [2.45, 2.75) is 32.1 Å². The van der Waals surface area contributed by atoms with E-state index in [0.717, 1.165) is 28.4 Å². The summed E-state index contributed by atoms with van der Waals surface area (Å²) >= 11 is 1.55. The highest BCUT2D eigenvalue weighted by molar-refractivity contribution is 7.13. The van der Waals surface area contributed by atoms with Crippen LogP contribution in [0.25, 0.3) is 0 Å². The molecule has 6 nitrogen and oxygen atoms in total. The van der Waals surface area contributed by atoms with E-state index in [9.17, 15) is 4.79 Å². The Morgan fingerprint density at radius 2 is 2.38 bits per heavy atom. The molecule has 4 rings (SSSR count). The molecule has 7 heteroatoms. The predicted octanol–water partition coefficient (Wildman–Crippen LogP) is 1.63. The molecule has 2 aliphatic rings. The first-order chi connectivity index (χ1) is 10.2. The molecule has 21 heavy (non-hydrogen) atoms. The van der Waals surface area contributed by atoms with Crippen LogP contribution in [-0.4, -0.2) is 45.0 Å². The first kappa shape index (κ1) is 13.0. The van der Waals surface area contributed by atoms with Crippen LogP contribution in [0.1, 0.15) is 32.7 Å². The zero-order valence-corrected chi connectivity index (χ0v) is 12.5. The van der Waals surface area contributed by atoms with E-state index in [1.54, 1.807) is 17.5 Å². The van der Waals surface area contributed by atoms with E-state index < -0.39 is 0 Å². The third kappa shape index (κ3) is 2.16. The van der Waals surface area contributed by atoms with E-state index in [4.69, 9.17) is 4.74 Å². The van der Waals surface area contributed by atoms with Crippen LogP contribution in [0.2, 0.25) is 0 Å². The first-order valence-electron chi connectivity index (χ1n) is 7.09. The number of carbonyl (C=O) groups is 1. The second-order valence-corrected chi connectivity index (χ2v) is 6.82. The SMILES string of the molecule is Cc1ccc(C(=O)N2CC[C@@H]3OCc4cnnn4[C@@H]3C2)s1. The summed E-state index contributed by atoms with van der Waals surface area (Å²) in [6, 6.07) is 3.98. The largest absolute Gasteiger partial charge is 0.370 e. The second-order valence-electron chi connectivity index (χ2n) is 5.54. The Kier molecular flexibility index (Phi) is 3.04. The van der Waals surface area contributed by atoms with Gasteiger partial charge in [-0.15, -0.1) is 16.4 Å². The standard InChI is InChI=1S/C14H16N4O2S/c1-9-2-3-13(21-9)14(19)17-5-4-12-11(7-17)18-10(8-20-12)6-15-16-18/h2-3,6,11-12H,4-5,7-8H2,1H3/t11-,12+/m1/s1. The lowest BCUT2D eigenvalue weighted by molar-refractivity contribution is -0.0604. The normalized spacial score (nSPS) is 24.5. The molecule has 0 spiro atoms. The van der Waals surface area contributed by atoms with Crippen molar-refractivity contribution < 1.29 is 9.53 Å². The third-order valence-electron chi connectivity index (χ3n) is 4.17. The number of hydrogen-bond donors (Lipinski definition) is 0. The maximum absolute atomic E-state index is 12.6. The Bertz CT molecular complexity index is 680. The lowest BCUT2D eigenvalue weighted by atomic mass is 10.0. The highest BCUT2D eigenvalue weighted by atomic mass is 32.1. The van der Waals surface area contributed by atoms with Crippen LogP contribution in [-0.2, 0) is 11.3 Å². The van der Waals surface area contributed by atoms with Gasteiger partial charge in [0, 0.05) is 18.0 Å². The maximum Gasteiger partial charge on any atom is 0.264 e. The topological polar surface area (TPSA) is 60.3 Å². The molecule has 2 atom stereocenters. The maximum atomic E-state index is 12.6. The van der Waals surface area contributed by atoms with Gasteiger partial charge in [0.15, 0.2) is 0 Å². The zero-order chi connectivity index (χ0) is 14.4. The fraction of sp³-hybridized carbons (Fsp3) is 0.500. The van der Waals surface area contributed by atoms with Gasteiger partial charge in [-0.05, 0) is 25.5 Å². The van der Waals surface area contributed by atoms with E-state index in [0.29, 0.717) is 13.2 Å². The van der Waals surface area contributed by atoms with Crippen LogP contribution in [0.4, 0.5) is 0 Å². The van der Waals surface area contributed by atoms with Crippen LogP contribution < -0.4 is 0 Å². The van der Waals surface area contributed by atoms with Crippen molar-refractivity contribution in [2.24, 2.45) is 0 Å². The van der Waals surface area contributed by atoms with E-state index in [1.807, 2.05) is 28.6 Å². The summed E-state index contributed by atoms with van der Waals surface area (Å²) in [6.07, 6.45) is 2.72. The molecule has 2 aromatic heterocycles. The average Bonchev–Trinajstić information content (AvgIpc) is 3.14. The summed E-state index contributed by atoms with van der Waals surface area (Å²) in [4.78, 5) is 16.5. The Morgan fingerprint density at radius 3 is 3.19 bits per heavy atom. The van der Waals surface area contributed by atoms with Gasteiger partial charge < -0.3 is 9.64 Å². The number of ether oxygens (including phenoxy) is 1. The molecule has 0 radical (unpaired) electrons. The number of carbonyl (C=O) groups excluding carboxylic acids is 1. The fourth-order valence-corrected chi connectivity index (χ4v) is 3.90. The lowest BCUT2D eigenvalue weighted by Gasteiger charge is -2.40. The summed E-state index contributed by atoms with van der Waals surface area (Å²) in [5.41, 5.74) is 0.984. The molecule has 0 bridgehead atoms. The molecular formula is C14H16N4O2S. The minimum absolute atomic E-state index is 0.0787. The van der Waals surface area contributed by atoms with Crippen LogP contribution >= 0.6 is 11.3 Å². The quantitative estimate of drug-likeness (QED) is 0.803. The van der Waals surface area contributed by atoms with E-state index in [2.05, 4.69) is 10.3 Å². The number of thiophene rings is 1. The molecule has 0 aromatic carbocycles. The van der Waals surface area contributed by atoms with Gasteiger partial charge in [-0.2, -0.15) is 0 Å². The summed E-state index contributed by atoms with van der Waals surface area (Å²) in [7, 11) is 0. The minimum Gasteiger partial charge on any atom is -0.370 e. The number of hydrogen-bond acceptors (Lipinski definition) is 5. The average molecular weight is 304 g/mol. The highest BCUT2D eigenvalue weighted by Gasteiger charge is 2.38. The Labute approximate surface area is 126 Å². The third-order valence-corrected chi connectivity index (χ3v) is 5.16. The monoisotopic (exact) mass is 304 g/mol. The molecule has 0 N–H and O–H groups in total. The molecule has 0 unspecified atom stereocenters. The molecule has 1 fully saturated rings. The van der Waals surface area contributed by atoms with Crippen molar-refractivity contribution in [1.29, 1.82) is 0 Å². The van der Waals surface area contributed by atoms with Gasteiger partial charge in [0.25, 0.3) is 5.91 Å². The van der Waals surface area contributed by atoms with Crippen molar-refractivity contribution in [2.75, 3.05) is 13.1 Å². The summed E-state index contributed by atoms with van der Waals surface area (Å²) in [5.74, 6) is 0.110. The summed E-state index contributed by atoms with van der Waals surface area (Å²) in [5, 5.41) is 8.12. The van der Waals surface area contributed by atoms with Gasteiger partial charge >= 0.3 is 0 Å². The van der Waals surface area contributed by atoms with Crippen molar-refractivity contribution in [3.8, 4) is 0 Å².